The highest BCUT2D eigenvalue weighted by Gasteiger charge is 2.10. The van der Waals surface area contributed by atoms with Crippen LogP contribution in [0.3, 0.4) is 0 Å². The average Bonchev–Trinajstić information content (AvgIpc) is 2.80. The van der Waals surface area contributed by atoms with Gasteiger partial charge in [0, 0.05) is 10.6 Å². The van der Waals surface area contributed by atoms with Crippen LogP contribution in [-0.2, 0) is 6.54 Å². The monoisotopic (exact) mass is 279 g/mol. The zero-order valence-electron chi connectivity index (χ0n) is 10.7. The van der Waals surface area contributed by atoms with E-state index in [0.29, 0.717) is 17.1 Å². The molecule has 0 aliphatic heterocycles. The van der Waals surface area contributed by atoms with Crippen LogP contribution < -0.4 is 5.32 Å². The van der Waals surface area contributed by atoms with E-state index in [9.17, 15) is 4.79 Å². The summed E-state index contributed by atoms with van der Waals surface area (Å²) in [4.78, 5) is 13.4. The molecule has 2 aromatic rings. The van der Waals surface area contributed by atoms with Gasteiger partial charge in [0.1, 0.15) is 0 Å². The summed E-state index contributed by atoms with van der Waals surface area (Å²) in [6.45, 7) is 4.55. The van der Waals surface area contributed by atoms with E-state index in [-0.39, 0.29) is 11.9 Å². The highest BCUT2D eigenvalue weighted by Crippen LogP contribution is 2.17. The number of nitrogens with one attached hydrogen (secondary N) is 1. The van der Waals surface area contributed by atoms with Crippen LogP contribution in [0.4, 0.5) is 5.95 Å². The molecule has 1 aromatic heterocycles. The number of carbonyl (C=O) groups excluding carboxylic acids is 1. The Labute approximate surface area is 115 Å². The third-order valence-corrected chi connectivity index (χ3v) is 2.94. The smallest absolute Gasteiger partial charge is 0.270 e. The Morgan fingerprint density at radius 1 is 1.47 bits per heavy atom. The van der Waals surface area contributed by atoms with E-state index in [1.54, 1.807) is 18.2 Å². The third kappa shape index (κ3) is 3.29. The summed E-state index contributed by atoms with van der Waals surface area (Å²) in [6, 6.07) is 5.11. The van der Waals surface area contributed by atoms with Crippen LogP contribution >= 0.6 is 11.6 Å². The van der Waals surface area contributed by atoms with Gasteiger partial charge in [-0.2, -0.15) is 4.80 Å². The lowest BCUT2D eigenvalue weighted by molar-refractivity contribution is 0.102. The average molecular weight is 280 g/mol. The van der Waals surface area contributed by atoms with E-state index in [2.05, 4.69) is 20.7 Å². The standard InChI is InChI=1S/C12H14ClN5O/c1-3-6-18-16-12(15-17-18)14-11(19)9-5-4-8(2)10(13)7-9/h4-5,7H,3,6H2,1-2H3,(H,14,16,19). The van der Waals surface area contributed by atoms with Crippen molar-refractivity contribution in [2.75, 3.05) is 5.32 Å². The van der Waals surface area contributed by atoms with Crippen molar-refractivity contribution in [3.63, 3.8) is 0 Å². The molecule has 6 nitrogen and oxygen atoms in total. The van der Waals surface area contributed by atoms with Gasteiger partial charge in [0.25, 0.3) is 11.9 Å². The van der Waals surface area contributed by atoms with Crippen LogP contribution in [0.5, 0.6) is 0 Å². The molecule has 0 unspecified atom stereocenters. The molecule has 0 saturated carbocycles. The molecule has 7 heteroatoms. The second-order valence-corrected chi connectivity index (χ2v) is 4.53. The van der Waals surface area contributed by atoms with Crippen LogP contribution in [0, 0.1) is 6.92 Å². The number of benzene rings is 1. The van der Waals surface area contributed by atoms with Crippen molar-refractivity contribution in [2.45, 2.75) is 26.8 Å². The zero-order valence-corrected chi connectivity index (χ0v) is 11.5. The lowest BCUT2D eigenvalue weighted by Crippen LogP contribution is -2.13. The van der Waals surface area contributed by atoms with Crippen molar-refractivity contribution in [1.82, 2.24) is 20.2 Å². The van der Waals surface area contributed by atoms with E-state index in [0.717, 1.165) is 12.0 Å². The molecule has 100 valence electrons. The highest BCUT2D eigenvalue weighted by molar-refractivity contribution is 6.31. The lowest BCUT2D eigenvalue weighted by atomic mass is 10.1. The molecule has 0 bridgehead atoms. The van der Waals surface area contributed by atoms with E-state index < -0.39 is 0 Å². The summed E-state index contributed by atoms with van der Waals surface area (Å²) >= 11 is 5.98. The highest BCUT2D eigenvalue weighted by atomic mass is 35.5. The Morgan fingerprint density at radius 2 is 2.26 bits per heavy atom. The largest absolute Gasteiger partial charge is 0.288 e. The number of anilines is 1. The van der Waals surface area contributed by atoms with Crippen molar-refractivity contribution in [3.8, 4) is 0 Å². The fourth-order valence-electron chi connectivity index (χ4n) is 1.50. The Balaban J connectivity index is 2.09. The van der Waals surface area contributed by atoms with Gasteiger partial charge in [0.2, 0.25) is 0 Å². The number of hydrogen-bond donors (Lipinski definition) is 1. The first kappa shape index (κ1) is 13.5. The molecular formula is C12H14ClN5O. The van der Waals surface area contributed by atoms with Gasteiger partial charge < -0.3 is 0 Å². The van der Waals surface area contributed by atoms with Gasteiger partial charge in [0.15, 0.2) is 0 Å². The van der Waals surface area contributed by atoms with Crippen molar-refractivity contribution < 1.29 is 4.79 Å². The molecule has 1 amide bonds. The quantitative estimate of drug-likeness (QED) is 0.932. The number of amides is 1. The fraction of sp³-hybridized carbons (Fsp3) is 0.333. The van der Waals surface area contributed by atoms with Crippen molar-refractivity contribution >= 4 is 23.5 Å². The minimum absolute atomic E-state index is 0.190. The lowest BCUT2D eigenvalue weighted by Gasteiger charge is -2.03. The van der Waals surface area contributed by atoms with Gasteiger partial charge in [0.05, 0.1) is 6.54 Å². The van der Waals surface area contributed by atoms with Gasteiger partial charge in [-0.3, -0.25) is 10.1 Å². The molecule has 2 rings (SSSR count). The number of aryl methyl sites for hydroxylation is 2. The second-order valence-electron chi connectivity index (χ2n) is 4.13. The van der Waals surface area contributed by atoms with Crippen LogP contribution in [-0.4, -0.2) is 26.1 Å². The zero-order chi connectivity index (χ0) is 13.8. The van der Waals surface area contributed by atoms with Gasteiger partial charge >= 0.3 is 0 Å². The van der Waals surface area contributed by atoms with Crippen LogP contribution in [0.1, 0.15) is 29.3 Å². The fourth-order valence-corrected chi connectivity index (χ4v) is 1.68. The Morgan fingerprint density at radius 3 is 2.95 bits per heavy atom. The molecule has 1 heterocycles. The number of rotatable bonds is 4. The predicted molar refractivity (Wildman–Crippen MR) is 72.3 cm³/mol. The van der Waals surface area contributed by atoms with Gasteiger partial charge in [-0.05, 0) is 36.3 Å². The number of nitrogens with zero attached hydrogens (tertiary/aromatic N) is 4. The maximum absolute atomic E-state index is 12.0. The Kier molecular flexibility index (Phi) is 4.11. The van der Waals surface area contributed by atoms with Gasteiger partial charge in [-0.1, -0.05) is 29.7 Å². The first-order chi connectivity index (χ1) is 9.10. The Bertz CT molecular complexity index is 596. The van der Waals surface area contributed by atoms with E-state index in [1.165, 1.54) is 4.80 Å². The molecule has 0 saturated heterocycles. The molecule has 1 N–H and O–H groups in total. The Hall–Kier alpha value is -1.95. The summed E-state index contributed by atoms with van der Waals surface area (Å²) in [6.07, 6.45) is 0.900. The normalized spacial score (nSPS) is 10.5. The molecule has 0 aliphatic rings. The molecule has 19 heavy (non-hydrogen) atoms. The molecule has 0 radical (unpaired) electrons. The minimum Gasteiger partial charge on any atom is -0.288 e. The predicted octanol–water partition coefficient (Wildman–Crippen LogP) is 2.30. The van der Waals surface area contributed by atoms with Gasteiger partial charge in [-0.15, -0.1) is 5.10 Å². The number of hydrogen-bond acceptors (Lipinski definition) is 4. The van der Waals surface area contributed by atoms with Crippen LogP contribution in [0.25, 0.3) is 0 Å². The number of tetrazole rings is 1. The first-order valence-electron chi connectivity index (χ1n) is 5.95. The van der Waals surface area contributed by atoms with Crippen molar-refractivity contribution in [2.24, 2.45) is 0 Å². The number of carbonyl (C=O) groups is 1. The number of aromatic nitrogens is 4. The molecular weight excluding hydrogens is 266 g/mol. The summed E-state index contributed by atoms with van der Waals surface area (Å²) in [5.41, 5.74) is 1.38. The van der Waals surface area contributed by atoms with E-state index in [4.69, 9.17) is 11.6 Å². The molecule has 0 aliphatic carbocycles. The van der Waals surface area contributed by atoms with E-state index in [1.807, 2.05) is 13.8 Å². The van der Waals surface area contributed by atoms with E-state index >= 15 is 0 Å². The van der Waals surface area contributed by atoms with Crippen molar-refractivity contribution in [1.29, 1.82) is 0 Å². The SMILES string of the molecule is CCCn1nnc(NC(=O)c2ccc(C)c(Cl)c2)n1. The molecule has 0 atom stereocenters. The summed E-state index contributed by atoms with van der Waals surface area (Å²) in [5, 5.41) is 14.7. The minimum atomic E-state index is -0.307. The summed E-state index contributed by atoms with van der Waals surface area (Å²) in [5.74, 6) is -0.118. The third-order valence-electron chi connectivity index (χ3n) is 2.54. The maximum atomic E-state index is 12.0. The molecule has 0 fully saturated rings. The van der Waals surface area contributed by atoms with Crippen molar-refractivity contribution in [3.05, 3.63) is 34.3 Å². The van der Waals surface area contributed by atoms with Gasteiger partial charge in [-0.25, -0.2) is 0 Å². The topological polar surface area (TPSA) is 72.7 Å². The summed E-state index contributed by atoms with van der Waals surface area (Å²) in [7, 11) is 0. The molecule has 1 aromatic carbocycles. The number of halogens is 1. The summed E-state index contributed by atoms with van der Waals surface area (Å²) < 4.78 is 0. The maximum Gasteiger partial charge on any atom is 0.270 e. The van der Waals surface area contributed by atoms with Crippen LogP contribution in [0.2, 0.25) is 5.02 Å². The van der Waals surface area contributed by atoms with Crippen LogP contribution in [0.15, 0.2) is 18.2 Å². The first-order valence-corrected chi connectivity index (χ1v) is 6.33. The molecule has 0 spiro atoms. The second kappa shape index (κ2) is 5.79.